The Balaban J connectivity index is 1.79. The lowest BCUT2D eigenvalue weighted by atomic mass is 10.0. The number of nitrogens with zero attached hydrogens (tertiary/aromatic N) is 1. The van der Waals surface area contributed by atoms with Crippen molar-refractivity contribution in [3.63, 3.8) is 0 Å². The van der Waals surface area contributed by atoms with Crippen LogP contribution in [0.5, 0.6) is 0 Å². The molecule has 4 nitrogen and oxygen atoms in total. The minimum absolute atomic E-state index is 0.0608. The topological polar surface area (TPSA) is 54.5 Å². The van der Waals surface area contributed by atoms with Crippen molar-refractivity contribution in [1.29, 1.82) is 0 Å². The highest BCUT2D eigenvalue weighted by Gasteiger charge is 2.64. The van der Waals surface area contributed by atoms with Gasteiger partial charge in [-0.1, -0.05) is 30.3 Å². The first-order valence-electron chi connectivity index (χ1n) is 7.33. The van der Waals surface area contributed by atoms with Crippen molar-refractivity contribution < 1.29 is 26.4 Å². The third-order valence-electron chi connectivity index (χ3n) is 4.66. The van der Waals surface area contributed by atoms with Crippen LogP contribution < -0.4 is 0 Å². The molecule has 1 aromatic rings. The van der Waals surface area contributed by atoms with Gasteiger partial charge in [0.05, 0.1) is 5.41 Å². The van der Waals surface area contributed by atoms with E-state index in [4.69, 9.17) is 0 Å². The Morgan fingerprint density at radius 3 is 2.35 bits per heavy atom. The molecule has 8 heteroatoms. The summed E-state index contributed by atoms with van der Waals surface area (Å²) in [5.41, 5.74) is -1.47. The molecule has 0 unspecified atom stereocenters. The van der Waals surface area contributed by atoms with Crippen molar-refractivity contribution in [2.24, 2.45) is 5.41 Å². The van der Waals surface area contributed by atoms with Gasteiger partial charge in [0.1, 0.15) is 5.25 Å². The predicted molar refractivity (Wildman–Crippen MR) is 76.8 cm³/mol. The van der Waals surface area contributed by atoms with Crippen LogP contribution in [-0.2, 0) is 14.8 Å². The van der Waals surface area contributed by atoms with E-state index in [9.17, 15) is 26.4 Å². The van der Waals surface area contributed by atoms with Crippen molar-refractivity contribution in [2.75, 3.05) is 6.54 Å². The van der Waals surface area contributed by atoms with E-state index in [0.29, 0.717) is 9.87 Å². The molecule has 126 valence electrons. The Morgan fingerprint density at radius 1 is 1.22 bits per heavy atom. The largest absolute Gasteiger partial charge is 0.395 e. The third kappa shape index (κ3) is 2.73. The molecule has 0 radical (unpaired) electrons. The van der Waals surface area contributed by atoms with Gasteiger partial charge < -0.3 is 0 Å². The Labute approximate surface area is 132 Å². The first-order valence-corrected chi connectivity index (χ1v) is 8.84. The van der Waals surface area contributed by atoms with Crippen LogP contribution in [0.4, 0.5) is 13.2 Å². The van der Waals surface area contributed by atoms with Gasteiger partial charge >= 0.3 is 6.18 Å². The van der Waals surface area contributed by atoms with Gasteiger partial charge in [0.15, 0.2) is 0 Å². The van der Waals surface area contributed by atoms with Gasteiger partial charge in [0.2, 0.25) is 15.9 Å². The maximum Gasteiger partial charge on any atom is 0.395 e. The molecule has 1 aromatic carbocycles. The summed E-state index contributed by atoms with van der Waals surface area (Å²) in [5, 5.41) is -0.867. The number of alkyl halides is 3. The minimum Gasteiger partial charge on any atom is -0.274 e. The number of halogens is 3. The maximum atomic E-state index is 13.0. The van der Waals surface area contributed by atoms with Gasteiger partial charge in [0, 0.05) is 13.0 Å². The smallest absolute Gasteiger partial charge is 0.274 e. The lowest BCUT2D eigenvalue weighted by Gasteiger charge is -2.22. The molecular weight excluding hydrogens is 331 g/mol. The highest BCUT2D eigenvalue weighted by atomic mass is 32.2. The number of carbonyl (C=O) groups excluding carboxylic acids is 1. The number of benzene rings is 1. The van der Waals surface area contributed by atoms with Gasteiger partial charge in [0.25, 0.3) is 0 Å². The zero-order chi connectivity index (χ0) is 16.9. The van der Waals surface area contributed by atoms with E-state index in [1.54, 1.807) is 30.3 Å². The van der Waals surface area contributed by atoms with Crippen molar-refractivity contribution in [2.45, 2.75) is 37.1 Å². The van der Waals surface area contributed by atoms with Crippen LogP contribution in [-0.4, -0.2) is 31.4 Å². The summed E-state index contributed by atoms with van der Waals surface area (Å²) in [6.45, 7) is -0.0608. The van der Waals surface area contributed by atoms with E-state index in [-0.39, 0.29) is 25.8 Å². The summed E-state index contributed by atoms with van der Waals surface area (Å²) in [4.78, 5) is 12.2. The average molecular weight is 347 g/mol. The van der Waals surface area contributed by atoms with Crippen LogP contribution in [0.15, 0.2) is 30.3 Å². The molecule has 1 amide bonds. The molecule has 2 aliphatic rings. The highest BCUT2D eigenvalue weighted by Crippen LogP contribution is 2.60. The monoisotopic (exact) mass is 347 g/mol. The summed E-state index contributed by atoms with van der Waals surface area (Å²) in [6.07, 6.45) is -5.27. The second-order valence-electron chi connectivity index (χ2n) is 6.15. The zero-order valence-corrected chi connectivity index (χ0v) is 13.0. The van der Waals surface area contributed by atoms with E-state index < -0.39 is 39.2 Å². The quantitative estimate of drug-likeness (QED) is 0.845. The Morgan fingerprint density at radius 2 is 1.83 bits per heavy atom. The second kappa shape index (κ2) is 5.22. The summed E-state index contributed by atoms with van der Waals surface area (Å²) >= 11 is 0. The highest BCUT2D eigenvalue weighted by molar-refractivity contribution is 7.90. The summed E-state index contributed by atoms with van der Waals surface area (Å²) in [5.74, 6) is -0.946. The van der Waals surface area contributed by atoms with Gasteiger partial charge in [-0.2, -0.15) is 13.2 Å². The Hall–Kier alpha value is -1.57. The average Bonchev–Trinajstić information content (AvgIpc) is 3.17. The maximum absolute atomic E-state index is 13.0. The summed E-state index contributed by atoms with van der Waals surface area (Å²) in [7, 11) is -3.95. The zero-order valence-electron chi connectivity index (χ0n) is 12.2. The first kappa shape index (κ1) is 16.3. The van der Waals surface area contributed by atoms with Crippen LogP contribution in [0.3, 0.4) is 0 Å². The normalized spacial score (nSPS) is 25.3. The molecule has 3 rings (SSSR count). The Kier molecular flexibility index (Phi) is 3.70. The van der Waals surface area contributed by atoms with E-state index in [0.717, 1.165) is 0 Å². The molecule has 0 bridgehead atoms. The number of amides is 1. The second-order valence-corrected chi connectivity index (χ2v) is 8.19. The van der Waals surface area contributed by atoms with Gasteiger partial charge in [-0.15, -0.1) is 0 Å². The standard InChI is InChI=1S/C15H16F3NO3S/c16-15(17,18)14(7-8-14)10-13(20)19-9-6-12(23(19,21)22)11-4-2-1-3-5-11/h1-5,12H,6-10H2/t12-/m0/s1. The fourth-order valence-electron chi connectivity index (χ4n) is 3.03. The van der Waals surface area contributed by atoms with Crippen molar-refractivity contribution in [3.05, 3.63) is 35.9 Å². The number of rotatable bonds is 3. The molecule has 1 saturated heterocycles. The lowest BCUT2D eigenvalue weighted by molar-refractivity contribution is -0.191. The summed E-state index contributed by atoms with van der Waals surface area (Å²) in [6, 6.07) is 8.42. The van der Waals surface area contributed by atoms with Gasteiger partial charge in [-0.3, -0.25) is 4.79 Å². The first-order chi connectivity index (χ1) is 10.7. The van der Waals surface area contributed by atoms with Gasteiger partial charge in [-0.25, -0.2) is 12.7 Å². The summed E-state index contributed by atoms with van der Waals surface area (Å²) < 4.78 is 64.5. The molecule has 1 atom stereocenters. The van der Waals surface area contributed by atoms with Crippen LogP contribution in [0.1, 0.15) is 36.5 Å². The van der Waals surface area contributed by atoms with Crippen LogP contribution in [0.25, 0.3) is 0 Å². The minimum atomic E-state index is -4.47. The molecule has 1 aliphatic carbocycles. The van der Waals surface area contributed by atoms with E-state index in [2.05, 4.69) is 0 Å². The molecule has 2 fully saturated rings. The predicted octanol–water partition coefficient (Wildman–Crippen LogP) is 3.02. The van der Waals surface area contributed by atoms with Crippen molar-refractivity contribution >= 4 is 15.9 Å². The van der Waals surface area contributed by atoms with E-state index >= 15 is 0 Å². The van der Waals surface area contributed by atoms with Crippen molar-refractivity contribution in [3.8, 4) is 0 Å². The SMILES string of the molecule is O=C(CC1(C(F)(F)F)CC1)N1CC[C@@H](c2ccccc2)S1(=O)=O. The van der Waals surface area contributed by atoms with E-state index in [1.165, 1.54) is 0 Å². The van der Waals surface area contributed by atoms with Crippen LogP contribution in [0.2, 0.25) is 0 Å². The molecule has 1 saturated carbocycles. The Bertz CT molecular complexity index is 711. The van der Waals surface area contributed by atoms with Crippen LogP contribution >= 0.6 is 0 Å². The number of hydrogen-bond donors (Lipinski definition) is 0. The van der Waals surface area contributed by atoms with Crippen LogP contribution in [0, 0.1) is 5.41 Å². The molecule has 0 aromatic heterocycles. The fourth-order valence-corrected chi connectivity index (χ4v) is 4.95. The molecule has 1 aliphatic heterocycles. The fraction of sp³-hybridized carbons (Fsp3) is 0.533. The molecule has 1 heterocycles. The number of carbonyl (C=O) groups is 1. The van der Waals surface area contributed by atoms with Gasteiger partial charge in [-0.05, 0) is 24.8 Å². The van der Waals surface area contributed by atoms with Crippen molar-refractivity contribution in [1.82, 2.24) is 4.31 Å². The third-order valence-corrected chi connectivity index (χ3v) is 6.88. The lowest BCUT2D eigenvalue weighted by Crippen LogP contribution is -2.37. The molecular formula is C15H16F3NO3S. The van der Waals surface area contributed by atoms with E-state index in [1.807, 2.05) is 0 Å². The molecule has 0 spiro atoms. The molecule has 0 N–H and O–H groups in total. The molecule has 23 heavy (non-hydrogen) atoms. The number of hydrogen-bond acceptors (Lipinski definition) is 3. The number of sulfonamides is 1.